The molecule has 4 unspecified atom stereocenters. The maximum absolute atomic E-state index is 10.1. The molecule has 0 saturated heterocycles. The minimum Gasteiger partial charge on any atom is -0.393 e. The van der Waals surface area contributed by atoms with Gasteiger partial charge in [0.2, 0.25) is 0 Å². The van der Waals surface area contributed by atoms with Crippen molar-refractivity contribution in [3.63, 3.8) is 0 Å². The van der Waals surface area contributed by atoms with Crippen LogP contribution in [0.25, 0.3) is 0 Å². The summed E-state index contributed by atoms with van der Waals surface area (Å²) in [5.41, 5.74) is 0. The van der Waals surface area contributed by atoms with Crippen LogP contribution in [0, 0.1) is 17.8 Å². The van der Waals surface area contributed by atoms with Crippen molar-refractivity contribution in [3.05, 3.63) is 0 Å². The van der Waals surface area contributed by atoms with Crippen molar-refractivity contribution in [1.29, 1.82) is 0 Å². The maximum atomic E-state index is 10.1. The Balaban J connectivity index is 2.28. The van der Waals surface area contributed by atoms with Crippen molar-refractivity contribution in [1.82, 2.24) is 0 Å². The van der Waals surface area contributed by atoms with Gasteiger partial charge in [-0.3, -0.25) is 0 Å². The lowest BCUT2D eigenvalue weighted by molar-refractivity contribution is -0.116. The molecule has 1 rings (SSSR count). The number of rotatable bonds is 10. The van der Waals surface area contributed by atoms with Gasteiger partial charge in [0.1, 0.15) is 0 Å². The van der Waals surface area contributed by atoms with Gasteiger partial charge in [0.15, 0.2) is 6.29 Å². The van der Waals surface area contributed by atoms with E-state index in [0.717, 1.165) is 25.7 Å². The largest absolute Gasteiger partial charge is 0.393 e. The van der Waals surface area contributed by atoms with Gasteiger partial charge in [0.05, 0.1) is 6.10 Å². The summed E-state index contributed by atoms with van der Waals surface area (Å²) in [5.74, 6) is 1.40. The van der Waals surface area contributed by atoms with Crippen LogP contribution in [0.3, 0.4) is 0 Å². The van der Waals surface area contributed by atoms with Crippen LogP contribution in [-0.2, 0) is 4.74 Å². The molecule has 4 atom stereocenters. The number of unbranched alkanes of at least 4 members (excludes halogenated alkanes) is 2. The highest BCUT2D eigenvalue weighted by Crippen LogP contribution is 2.38. The summed E-state index contributed by atoms with van der Waals surface area (Å²) in [6.45, 7) is 7.16. The lowest BCUT2D eigenvalue weighted by Crippen LogP contribution is -2.24. The van der Waals surface area contributed by atoms with E-state index >= 15 is 0 Å². The zero-order chi connectivity index (χ0) is 15.0. The second-order valence-corrected chi connectivity index (χ2v) is 6.81. The molecule has 0 radical (unpaired) electrons. The number of aliphatic hydroxyl groups excluding tert-OH is 2. The molecule has 1 aliphatic carbocycles. The van der Waals surface area contributed by atoms with E-state index in [2.05, 4.69) is 20.8 Å². The van der Waals surface area contributed by atoms with E-state index in [9.17, 15) is 10.2 Å². The number of ether oxygens (including phenoxy) is 1. The molecule has 1 saturated carbocycles. The number of aliphatic hydroxyl groups is 2. The van der Waals surface area contributed by atoms with E-state index in [1.165, 1.54) is 19.3 Å². The third kappa shape index (κ3) is 6.55. The van der Waals surface area contributed by atoms with E-state index in [4.69, 9.17) is 4.74 Å². The molecule has 0 aromatic carbocycles. The van der Waals surface area contributed by atoms with Crippen LogP contribution < -0.4 is 0 Å². The molecule has 1 fully saturated rings. The Hall–Kier alpha value is -0.120. The summed E-state index contributed by atoms with van der Waals surface area (Å²) in [6, 6.07) is 0. The van der Waals surface area contributed by atoms with Gasteiger partial charge in [-0.2, -0.15) is 0 Å². The first kappa shape index (κ1) is 17.9. The molecule has 0 aromatic heterocycles. The molecule has 0 aromatic rings. The van der Waals surface area contributed by atoms with Gasteiger partial charge in [0.25, 0.3) is 0 Å². The van der Waals surface area contributed by atoms with Gasteiger partial charge in [-0.1, -0.05) is 40.0 Å². The van der Waals surface area contributed by atoms with Crippen molar-refractivity contribution in [2.45, 2.75) is 84.5 Å². The monoisotopic (exact) mass is 286 g/mol. The molecule has 0 amide bonds. The van der Waals surface area contributed by atoms with Crippen LogP contribution in [-0.4, -0.2) is 29.2 Å². The molecule has 0 bridgehead atoms. The highest BCUT2D eigenvalue weighted by molar-refractivity contribution is 4.85. The van der Waals surface area contributed by atoms with Gasteiger partial charge in [-0.25, -0.2) is 0 Å². The van der Waals surface area contributed by atoms with Crippen molar-refractivity contribution in [3.8, 4) is 0 Å². The third-order valence-corrected chi connectivity index (χ3v) is 4.58. The van der Waals surface area contributed by atoms with E-state index in [0.29, 0.717) is 30.8 Å². The fourth-order valence-corrected chi connectivity index (χ4v) is 3.24. The molecule has 0 aliphatic heterocycles. The fraction of sp³-hybridized carbons (Fsp3) is 1.00. The second-order valence-electron chi connectivity index (χ2n) is 6.81. The summed E-state index contributed by atoms with van der Waals surface area (Å²) >= 11 is 0. The standard InChI is InChI=1S/C17H34O3/c1-4-5-6-7-15-14(8-9-16(15)18)12-17(19)20-11-10-13(2)3/h13-19H,4-12H2,1-3H3. The zero-order valence-electron chi connectivity index (χ0n) is 13.6. The van der Waals surface area contributed by atoms with Gasteiger partial charge >= 0.3 is 0 Å². The van der Waals surface area contributed by atoms with E-state index in [1.807, 2.05) is 0 Å². The first-order chi connectivity index (χ1) is 9.54. The van der Waals surface area contributed by atoms with Crippen LogP contribution in [0.5, 0.6) is 0 Å². The number of hydrogen-bond acceptors (Lipinski definition) is 3. The van der Waals surface area contributed by atoms with Gasteiger partial charge < -0.3 is 14.9 Å². The van der Waals surface area contributed by atoms with E-state index in [1.54, 1.807) is 0 Å². The van der Waals surface area contributed by atoms with Crippen LogP contribution in [0.2, 0.25) is 0 Å². The first-order valence-electron chi connectivity index (χ1n) is 8.52. The number of hydrogen-bond donors (Lipinski definition) is 2. The van der Waals surface area contributed by atoms with Crippen LogP contribution >= 0.6 is 0 Å². The molecule has 0 heterocycles. The van der Waals surface area contributed by atoms with Crippen molar-refractivity contribution < 1.29 is 14.9 Å². The predicted octanol–water partition coefficient (Wildman–Crippen LogP) is 3.73. The minimum atomic E-state index is -0.655. The topological polar surface area (TPSA) is 49.7 Å². The van der Waals surface area contributed by atoms with E-state index < -0.39 is 6.29 Å². The van der Waals surface area contributed by atoms with Gasteiger partial charge in [0, 0.05) is 13.0 Å². The molecule has 3 heteroatoms. The maximum Gasteiger partial charge on any atom is 0.154 e. The summed E-state index contributed by atoms with van der Waals surface area (Å²) < 4.78 is 5.50. The summed E-state index contributed by atoms with van der Waals surface area (Å²) in [7, 11) is 0. The van der Waals surface area contributed by atoms with Crippen molar-refractivity contribution >= 4 is 0 Å². The molecule has 20 heavy (non-hydrogen) atoms. The average molecular weight is 286 g/mol. The Morgan fingerprint density at radius 1 is 1.20 bits per heavy atom. The molecular formula is C17H34O3. The van der Waals surface area contributed by atoms with E-state index in [-0.39, 0.29) is 6.10 Å². The molecular weight excluding hydrogens is 252 g/mol. The van der Waals surface area contributed by atoms with Crippen molar-refractivity contribution in [2.24, 2.45) is 17.8 Å². The lowest BCUT2D eigenvalue weighted by Gasteiger charge is -2.24. The SMILES string of the molecule is CCCCCC1C(O)CCC1CC(O)OCCC(C)C. The lowest BCUT2D eigenvalue weighted by atomic mass is 9.87. The summed E-state index contributed by atoms with van der Waals surface area (Å²) in [4.78, 5) is 0. The molecule has 0 spiro atoms. The Bertz CT molecular complexity index is 242. The molecule has 120 valence electrons. The quantitative estimate of drug-likeness (QED) is 0.475. The van der Waals surface area contributed by atoms with Gasteiger partial charge in [-0.05, 0) is 43.4 Å². The Labute approximate surface area is 124 Å². The Morgan fingerprint density at radius 3 is 2.60 bits per heavy atom. The minimum absolute atomic E-state index is 0.167. The molecule has 3 nitrogen and oxygen atoms in total. The molecule has 2 N–H and O–H groups in total. The average Bonchev–Trinajstić information content (AvgIpc) is 2.71. The first-order valence-corrected chi connectivity index (χ1v) is 8.52. The van der Waals surface area contributed by atoms with Crippen molar-refractivity contribution in [2.75, 3.05) is 6.61 Å². The van der Waals surface area contributed by atoms with Crippen LogP contribution in [0.1, 0.15) is 72.1 Å². The Kier molecular flexibility index (Phi) is 8.74. The van der Waals surface area contributed by atoms with Crippen LogP contribution in [0.4, 0.5) is 0 Å². The zero-order valence-corrected chi connectivity index (χ0v) is 13.6. The highest BCUT2D eigenvalue weighted by atomic mass is 16.6. The second kappa shape index (κ2) is 9.75. The predicted molar refractivity (Wildman–Crippen MR) is 82.4 cm³/mol. The molecule has 1 aliphatic rings. The van der Waals surface area contributed by atoms with Crippen LogP contribution in [0.15, 0.2) is 0 Å². The highest BCUT2D eigenvalue weighted by Gasteiger charge is 2.35. The smallest absolute Gasteiger partial charge is 0.154 e. The fourth-order valence-electron chi connectivity index (χ4n) is 3.24. The Morgan fingerprint density at radius 2 is 1.95 bits per heavy atom. The summed E-state index contributed by atoms with van der Waals surface area (Å²) in [6.07, 6.45) is 7.52. The third-order valence-electron chi connectivity index (χ3n) is 4.58. The summed E-state index contributed by atoms with van der Waals surface area (Å²) in [5, 5.41) is 20.1. The normalized spacial score (nSPS) is 28.2. The van der Waals surface area contributed by atoms with Gasteiger partial charge in [-0.15, -0.1) is 0 Å².